The van der Waals surface area contributed by atoms with E-state index in [1.54, 1.807) is 11.7 Å². The summed E-state index contributed by atoms with van der Waals surface area (Å²) in [5, 5.41) is 13.6. The molecule has 0 atom stereocenters. The number of nitro groups is 1. The Hall–Kier alpha value is -2.23. The molecule has 0 bridgehead atoms. The molecular formula is C11H10ClN5O3S. The fraction of sp³-hybridized carbons (Fsp3) is 0.0909. The Bertz CT molecular complexity index is 677. The quantitative estimate of drug-likeness (QED) is 0.438. The molecule has 0 spiro atoms. The number of nitrogen functional groups attached to an aromatic ring is 1. The second-order valence-electron chi connectivity index (χ2n) is 3.90. The van der Waals surface area contributed by atoms with Gasteiger partial charge in [-0.2, -0.15) is 0 Å². The molecule has 0 aliphatic rings. The number of anilines is 1. The molecule has 8 nitrogen and oxygen atoms in total. The van der Waals surface area contributed by atoms with Crippen LogP contribution >= 0.6 is 22.9 Å². The van der Waals surface area contributed by atoms with Crippen LogP contribution in [0.1, 0.15) is 15.2 Å². The molecule has 0 fully saturated rings. The predicted octanol–water partition coefficient (Wildman–Crippen LogP) is 1.92. The van der Waals surface area contributed by atoms with Crippen molar-refractivity contribution in [3.63, 3.8) is 0 Å². The van der Waals surface area contributed by atoms with Crippen molar-refractivity contribution in [1.82, 2.24) is 10.3 Å². The fourth-order valence-electron chi connectivity index (χ4n) is 1.61. The van der Waals surface area contributed by atoms with Gasteiger partial charge in [-0.05, 0) is 6.07 Å². The van der Waals surface area contributed by atoms with Gasteiger partial charge in [-0.25, -0.2) is 0 Å². The monoisotopic (exact) mass is 327 g/mol. The van der Waals surface area contributed by atoms with Crippen LogP contribution in [0.25, 0.3) is 0 Å². The molecule has 1 aromatic heterocycles. The molecule has 0 saturated carbocycles. The van der Waals surface area contributed by atoms with E-state index in [-0.39, 0.29) is 28.5 Å². The third kappa shape index (κ3) is 3.45. The minimum absolute atomic E-state index is 0.00496. The first-order valence-corrected chi connectivity index (χ1v) is 6.88. The summed E-state index contributed by atoms with van der Waals surface area (Å²) in [4.78, 5) is 27.1. The molecule has 4 N–H and O–H groups in total. The SMILES string of the molecule is NNc1c(Cl)cc(C(=O)NCc2cncs2)cc1[N+](=O)[O-]. The average molecular weight is 328 g/mol. The molecule has 0 aliphatic heterocycles. The van der Waals surface area contributed by atoms with Crippen LogP contribution in [0.5, 0.6) is 0 Å². The minimum atomic E-state index is -0.666. The van der Waals surface area contributed by atoms with Gasteiger partial charge >= 0.3 is 0 Å². The Morgan fingerprint density at radius 2 is 2.29 bits per heavy atom. The number of nitrogens with zero attached hydrogens (tertiary/aromatic N) is 2. The van der Waals surface area contributed by atoms with Crippen LogP contribution in [-0.2, 0) is 6.54 Å². The summed E-state index contributed by atoms with van der Waals surface area (Å²) in [7, 11) is 0. The van der Waals surface area contributed by atoms with Gasteiger partial charge in [0, 0.05) is 22.7 Å². The first-order chi connectivity index (χ1) is 10.0. The van der Waals surface area contributed by atoms with Crippen molar-refractivity contribution >= 4 is 40.2 Å². The first-order valence-electron chi connectivity index (χ1n) is 5.63. The van der Waals surface area contributed by atoms with Crippen LogP contribution in [0.2, 0.25) is 5.02 Å². The number of carbonyl (C=O) groups excluding carboxylic acids is 1. The summed E-state index contributed by atoms with van der Waals surface area (Å²) in [6.45, 7) is 0.284. The molecule has 1 aromatic carbocycles. The molecule has 1 amide bonds. The molecule has 10 heteroatoms. The number of rotatable bonds is 5. The van der Waals surface area contributed by atoms with E-state index in [9.17, 15) is 14.9 Å². The average Bonchev–Trinajstić information content (AvgIpc) is 2.96. The molecule has 2 aromatic rings. The molecule has 0 radical (unpaired) electrons. The third-order valence-corrected chi connectivity index (χ3v) is 3.66. The normalized spacial score (nSPS) is 10.2. The van der Waals surface area contributed by atoms with E-state index in [0.717, 1.165) is 10.9 Å². The topological polar surface area (TPSA) is 123 Å². The van der Waals surface area contributed by atoms with E-state index in [1.807, 2.05) is 0 Å². The zero-order chi connectivity index (χ0) is 15.4. The van der Waals surface area contributed by atoms with Gasteiger partial charge in [-0.1, -0.05) is 11.6 Å². The van der Waals surface area contributed by atoms with Gasteiger partial charge in [0.15, 0.2) is 0 Å². The van der Waals surface area contributed by atoms with Gasteiger partial charge in [0.1, 0.15) is 5.69 Å². The number of carbonyl (C=O) groups is 1. The van der Waals surface area contributed by atoms with Crippen LogP contribution in [0.4, 0.5) is 11.4 Å². The molecule has 0 saturated heterocycles. The highest BCUT2D eigenvalue weighted by molar-refractivity contribution is 7.09. The maximum atomic E-state index is 12.0. The lowest BCUT2D eigenvalue weighted by Gasteiger charge is -2.08. The van der Waals surface area contributed by atoms with Crippen molar-refractivity contribution in [2.75, 3.05) is 5.43 Å². The van der Waals surface area contributed by atoms with Crippen molar-refractivity contribution in [2.24, 2.45) is 5.84 Å². The molecule has 2 rings (SSSR count). The van der Waals surface area contributed by atoms with E-state index < -0.39 is 10.8 Å². The molecule has 21 heavy (non-hydrogen) atoms. The van der Waals surface area contributed by atoms with E-state index >= 15 is 0 Å². The molecule has 0 aliphatic carbocycles. The van der Waals surface area contributed by atoms with E-state index in [4.69, 9.17) is 17.4 Å². The highest BCUT2D eigenvalue weighted by atomic mass is 35.5. The maximum absolute atomic E-state index is 12.0. The number of nitrogens with one attached hydrogen (secondary N) is 2. The largest absolute Gasteiger partial charge is 0.347 e. The van der Waals surface area contributed by atoms with Crippen LogP contribution in [0.3, 0.4) is 0 Å². The summed E-state index contributed by atoms with van der Waals surface area (Å²) < 4.78 is 0. The Morgan fingerprint density at radius 1 is 1.52 bits per heavy atom. The van der Waals surface area contributed by atoms with Gasteiger partial charge in [0.25, 0.3) is 11.6 Å². The predicted molar refractivity (Wildman–Crippen MR) is 79.2 cm³/mol. The van der Waals surface area contributed by atoms with Crippen LogP contribution in [-0.4, -0.2) is 15.8 Å². The number of hydrogen-bond donors (Lipinski definition) is 3. The number of nitrogens with two attached hydrogens (primary N) is 1. The molecule has 0 unspecified atom stereocenters. The number of hydrazine groups is 1. The highest BCUT2D eigenvalue weighted by Gasteiger charge is 2.20. The van der Waals surface area contributed by atoms with Crippen molar-refractivity contribution in [2.45, 2.75) is 6.54 Å². The van der Waals surface area contributed by atoms with E-state index in [2.05, 4.69) is 15.7 Å². The van der Waals surface area contributed by atoms with E-state index in [0.29, 0.717) is 0 Å². The van der Waals surface area contributed by atoms with Crippen LogP contribution in [0.15, 0.2) is 23.8 Å². The van der Waals surface area contributed by atoms with Gasteiger partial charge in [0.2, 0.25) is 0 Å². The van der Waals surface area contributed by atoms with Gasteiger partial charge in [-0.3, -0.25) is 25.7 Å². The molecule has 110 valence electrons. The number of nitro benzene ring substituents is 1. The number of amides is 1. The fourth-order valence-corrected chi connectivity index (χ4v) is 2.41. The zero-order valence-corrected chi connectivity index (χ0v) is 12.1. The number of hydrogen-bond acceptors (Lipinski definition) is 7. The van der Waals surface area contributed by atoms with Gasteiger partial charge in [0.05, 0.1) is 22.0 Å². The third-order valence-electron chi connectivity index (χ3n) is 2.58. The standard InChI is InChI=1S/C11H10ClN5O3S/c12-8-1-6(2-9(17(19)20)10(8)16-13)11(18)15-4-7-3-14-5-21-7/h1-3,5,16H,4,13H2,(H,15,18). The smallest absolute Gasteiger partial charge is 0.295 e. The van der Waals surface area contributed by atoms with Crippen molar-refractivity contribution in [1.29, 1.82) is 0 Å². The number of benzene rings is 1. The second-order valence-corrected chi connectivity index (χ2v) is 5.28. The second kappa shape index (κ2) is 6.48. The Kier molecular flexibility index (Phi) is 4.68. The summed E-state index contributed by atoms with van der Waals surface area (Å²) in [6, 6.07) is 2.43. The lowest BCUT2D eigenvalue weighted by molar-refractivity contribution is -0.384. The van der Waals surface area contributed by atoms with Gasteiger partial charge in [-0.15, -0.1) is 11.3 Å². The highest BCUT2D eigenvalue weighted by Crippen LogP contribution is 2.32. The van der Waals surface area contributed by atoms with Crippen molar-refractivity contribution in [3.8, 4) is 0 Å². The van der Waals surface area contributed by atoms with Crippen LogP contribution in [0, 0.1) is 10.1 Å². The lowest BCUT2D eigenvalue weighted by atomic mass is 10.1. The summed E-state index contributed by atoms with van der Waals surface area (Å²) in [5.41, 5.74) is 3.47. The first kappa shape index (κ1) is 15.2. The van der Waals surface area contributed by atoms with Crippen molar-refractivity contribution in [3.05, 3.63) is 49.4 Å². The number of halogens is 1. The number of thiazole rings is 1. The summed E-state index contributed by atoms with van der Waals surface area (Å²) in [6.07, 6.45) is 1.63. The maximum Gasteiger partial charge on any atom is 0.295 e. The van der Waals surface area contributed by atoms with Crippen LogP contribution < -0.4 is 16.6 Å². The minimum Gasteiger partial charge on any atom is -0.347 e. The summed E-state index contributed by atoms with van der Waals surface area (Å²) >= 11 is 7.28. The molecular weight excluding hydrogens is 318 g/mol. The Labute approximate surface area is 128 Å². The molecule has 1 heterocycles. The zero-order valence-electron chi connectivity index (χ0n) is 10.5. The van der Waals surface area contributed by atoms with Crippen molar-refractivity contribution < 1.29 is 9.72 Å². The summed E-state index contributed by atoms with van der Waals surface area (Å²) in [5.74, 6) is 4.72. The van der Waals surface area contributed by atoms with Gasteiger partial charge < -0.3 is 10.7 Å². The van der Waals surface area contributed by atoms with E-state index in [1.165, 1.54) is 17.4 Å². The number of aromatic nitrogens is 1. The Morgan fingerprint density at radius 3 is 2.86 bits per heavy atom. The Balaban J connectivity index is 2.23. The lowest BCUT2D eigenvalue weighted by Crippen LogP contribution is -2.22.